The summed E-state index contributed by atoms with van der Waals surface area (Å²) in [7, 11) is -4.17. The molecule has 130 valence electrons. The van der Waals surface area contributed by atoms with Gasteiger partial charge in [-0.15, -0.1) is 0 Å². The Morgan fingerprint density at radius 2 is 1.96 bits per heavy atom. The number of amides is 1. The highest BCUT2D eigenvalue weighted by atomic mass is 32.2. The smallest absolute Gasteiger partial charge is 0.287 e. The molecule has 1 N–H and O–H groups in total. The van der Waals surface area contributed by atoms with Gasteiger partial charge in [0, 0.05) is 12.5 Å². The van der Waals surface area contributed by atoms with Gasteiger partial charge >= 0.3 is 0 Å². The Hall–Kier alpha value is -2.81. The van der Waals surface area contributed by atoms with Gasteiger partial charge in [0.15, 0.2) is 10.7 Å². The third kappa shape index (κ3) is 3.82. The summed E-state index contributed by atoms with van der Waals surface area (Å²) in [5.74, 6) is -0.0442. The van der Waals surface area contributed by atoms with Crippen LogP contribution in [0, 0.1) is 5.92 Å². The predicted molar refractivity (Wildman–Crippen MR) is 89.2 cm³/mol. The number of sulfonamides is 1. The fourth-order valence-electron chi connectivity index (χ4n) is 2.21. The second kappa shape index (κ2) is 6.60. The molecule has 0 fully saturated rings. The molecular weight excluding hydrogens is 344 g/mol. The summed E-state index contributed by atoms with van der Waals surface area (Å²) in [6, 6.07) is 8.27. The third-order valence-electron chi connectivity index (χ3n) is 3.33. The SMILES string of the molecule is CC(C)Cc1cc(C(=O)NS(=O)(=O)c2cnc3ccccc3n2)no1. The number of nitrogens with zero attached hydrogens (tertiary/aromatic N) is 3. The van der Waals surface area contributed by atoms with Crippen molar-refractivity contribution in [3.8, 4) is 0 Å². The van der Waals surface area contributed by atoms with Crippen LogP contribution in [0.4, 0.5) is 0 Å². The van der Waals surface area contributed by atoms with Gasteiger partial charge in [-0.3, -0.25) is 9.78 Å². The van der Waals surface area contributed by atoms with Gasteiger partial charge in [-0.1, -0.05) is 31.1 Å². The van der Waals surface area contributed by atoms with E-state index in [4.69, 9.17) is 4.52 Å². The lowest BCUT2D eigenvalue weighted by Crippen LogP contribution is -2.31. The molecule has 0 saturated carbocycles. The molecule has 1 aromatic carbocycles. The number of aromatic nitrogens is 3. The summed E-state index contributed by atoms with van der Waals surface area (Å²) in [6.45, 7) is 3.98. The van der Waals surface area contributed by atoms with Crippen molar-refractivity contribution in [1.29, 1.82) is 0 Å². The second-order valence-electron chi connectivity index (χ2n) is 5.91. The lowest BCUT2D eigenvalue weighted by atomic mass is 10.1. The minimum absolute atomic E-state index is 0.104. The minimum atomic E-state index is -4.17. The van der Waals surface area contributed by atoms with E-state index in [-0.39, 0.29) is 10.7 Å². The van der Waals surface area contributed by atoms with E-state index in [9.17, 15) is 13.2 Å². The summed E-state index contributed by atoms with van der Waals surface area (Å²) in [5, 5.41) is 3.27. The zero-order chi connectivity index (χ0) is 18.0. The quantitative estimate of drug-likeness (QED) is 0.739. The number of rotatable bonds is 5. The van der Waals surface area contributed by atoms with Crippen LogP contribution in [0.2, 0.25) is 0 Å². The number of hydrogen-bond acceptors (Lipinski definition) is 7. The first-order valence-electron chi connectivity index (χ1n) is 7.59. The average Bonchev–Trinajstić information content (AvgIpc) is 3.02. The van der Waals surface area contributed by atoms with Crippen molar-refractivity contribution >= 4 is 27.0 Å². The highest BCUT2D eigenvalue weighted by Crippen LogP contribution is 2.13. The zero-order valence-electron chi connectivity index (χ0n) is 13.6. The zero-order valence-corrected chi connectivity index (χ0v) is 14.4. The Bertz CT molecular complexity index is 1030. The van der Waals surface area contributed by atoms with Crippen LogP contribution in [-0.4, -0.2) is 29.4 Å². The molecule has 0 saturated heterocycles. The average molecular weight is 360 g/mol. The van der Waals surface area contributed by atoms with E-state index in [1.807, 2.05) is 18.6 Å². The second-order valence-corrected chi connectivity index (χ2v) is 7.54. The Morgan fingerprint density at radius 3 is 2.68 bits per heavy atom. The van der Waals surface area contributed by atoms with Crippen LogP contribution < -0.4 is 4.72 Å². The van der Waals surface area contributed by atoms with Crippen molar-refractivity contribution < 1.29 is 17.7 Å². The van der Waals surface area contributed by atoms with E-state index >= 15 is 0 Å². The monoisotopic (exact) mass is 360 g/mol. The fraction of sp³-hybridized carbons (Fsp3) is 0.250. The molecule has 2 heterocycles. The molecule has 0 aliphatic rings. The number of hydrogen-bond donors (Lipinski definition) is 1. The van der Waals surface area contributed by atoms with Crippen LogP contribution in [-0.2, 0) is 16.4 Å². The van der Waals surface area contributed by atoms with Crippen LogP contribution in [0.15, 0.2) is 46.1 Å². The first kappa shape index (κ1) is 17.0. The van der Waals surface area contributed by atoms with Gasteiger partial charge in [0.05, 0.1) is 17.2 Å². The van der Waals surface area contributed by atoms with E-state index in [0.717, 1.165) is 6.20 Å². The van der Waals surface area contributed by atoms with Gasteiger partial charge in [0.2, 0.25) is 0 Å². The van der Waals surface area contributed by atoms with Crippen LogP contribution in [0.25, 0.3) is 11.0 Å². The molecule has 3 rings (SSSR count). The van der Waals surface area contributed by atoms with Gasteiger partial charge in [-0.25, -0.2) is 9.71 Å². The topological polar surface area (TPSA) is 115 Å². The standard InChI is InChI=1S/C16H16N4O4S/c1-10(2)7-11-8-14(19-24-11)16(21)20-25(22,23)15-9-17-12-5-3-4-6-13(12)18-15/h3-6,8-10H,7H2,1-2H3,(H,20,21). The van der Waals surface area contributed by atoms with Crippen molar-refractivity contribution in [3.05, 3.63) is 48.0 Å². The summed E-state index contributed by atoms with van der Waals surface area (Å²) in [4.78, 5) is 20.2. The maximum Gasteiger partial charge on any atom is 0.287 e. The van der Waals surface area contributed by atoms with Crippen molar-refractivity contribution in [2.75, 3.05) is 0 Å². The van der Waals surface area contributed by atoms with Gasteiger partial charge in [0.1, 0.15) is 5.76 Å². The number of carbonyl (C=O) groups excluding carboxylic acids is 1. The summed E-state index contributed by atoms with van der Waals surface area (Å²) >= 11 is 0. The molecule has 3 aromatic rings. The van der Waals surface area contributed by atoms with E-state index in [1.54, 1.807) is 24.3 Å². The highest BCUT2D eigenvalue weighted by Gasteiger charge is 2.23. The van der Waals surface area contributed by atoms with Gasteiger partial charge in [0.25, 0.3) is 15.9 Å². The number of fused-ring (bicyclic) bond motifs is 1. The van der Waals surface area contributed by atoms with Gasteiger partial charge in [-0.05, 0) is 18.1 Å². The van der Waals surface area contributed by atoms with E-state index in [2.05, 4.69) is 15.1 Å². The van der Waals surface area contributed by atoms with Crippen LogP contribution >= 0.6 is 0 Å². The maximum atomic E-state index is 12.4. The van der Waals surface area contributed by atoms with E-state index in [0.29, 0.717) is 29.1 Å². The molecule has 0 radical (unpaired) electrons. The number of para-hydroxylation sites is 2. The largest absolute Gasteiger partial charge is 0.361 e. The number of nitrogens with one attached hydrogen (secondary N) is 1. The van der Waals surface area contributed by atoms with Gasteiger partial charge < -0.3 is 4.52 Å². The molecule has 9 heteroatoms. The molecule has 0 spiro atoms. The molecule has 0 atom stereocenters. The Kier molecular flexibility index (Phi) is 4.49. The van der Waals surface area contributed by atoms with E-state index < -0.39 is 15.9 Å². The normalized spacial score (nSPS) is 11.8. The first-order valence-corrected chi connectivity index (χ1v) is 9.08. The van der Waals surface area contributed by atoms with Crippen molar-refractivity contribution in [1.82, 2.24) is 19.8 Å². The molecule has 0 unspecified atom stereocenters. The number of carbonyl (C=O) groups is 1. The van der Waals surface area contributed by atoms with Crippen LogP contribution in [0.3, 0.4) is 0 Å². The lowest BCUT2D eigenvalue weighted by Gasteiger charge is -2.05. The molecule has 2 aromatic heterocycles. The highest BCUT2D eigenvalue weighted by molar-refractivity contribution is 7.90. The molecular formula is C16H16N4O4S. The summed E-state index contributed by atoms with van der Waals surface area (Å²) < 4.78 is 31.7. The Balaban J connectivity index is 1.82. The Morgan fingerprint density at radius 1 is 1.24 bits per heavy atom. The predicted octanol–water partition coefficient (Wildman–Crippen LogP) is 1.93. The van der Waals surface area contributed by atoms with Crippen molar-refractivity contribution in [3.63, 3.8) is 0 Å². The van der Waals surface area contributed by atoms with Crippen LogP contribution in [0.5, 0.6) is 0 Å². The molecule has 0 aliphatic carbocycles. The van der Waals surface area contributed by atoms with Gasteiger partial charge in [-0.2, -0.15) is 8.42 Å². The van der Waals surface area contributed by atoms with Crippen molar-refractivity contribution in [2.24, 2.45) is 5.92 Å². The Labute approximate surface area is 144 Å². The number of benzene rings is 1. The fourth-order valence-corrected chi connectivity index (χ4v) is 3.08. The molecule has 0 aliphatic heterocycles. The third-order valence-corrected chi connectivity index (χ3v) is 4.53. The summed E-state index contributed by atoms with van der Waals surface area (Å²) in [6.07, 6.45) is 1.70. The first-order chi connectivity index (χ1) is 11.8. The summed E-state index contributed by atoms with van der Waals surface area (Å²) in [5.41, 5.74) is 0.869. The molecule has 25 heavy (non-hydrogen) atoms. The molecule has 0 bridgehead atoms. The van der Waals surface area contributed by atoms with E-state index in [1.165, 1.54) is 6.07 Å². The molecule has 1 amide bonds. The molecule has 8 nitrogen and oxygen atoms in total. The van der Waals surface area contributed by atoms with Crippen LogP contribution in [0.1, 0.15) is 30.1 Å². The maximum absolute atomic E-state index is 12.4. The van der Waals surface area contributed by atoms with Crippen molar-refractivity contribution in [2.45, 2.75) is 25.3 Å². The minimum Gasteiger partial charge on any atom is -0.361 e. The lowest BCUT2D eigenvalue weighted by molar-refractivity contribution is 0.0972.